The molecule has 0 bridgehead atoms. The van der Waals surface area contributed by atoms with E-state index in [4.69, 9.17) is 0 Å². The quantitative estimate of drug-likeness (QED) is 0.506. The molecule has 0 radical (unpaired) electrons. The Balaban J connectivity index is 1.28. The zero-order valence-corrected chi connectivity index (χ0v) is 23.8. The molecule has 2 aromatic rings. The molecule has 5 nitrogen and oxygen atoms in total. The number of nitrogens with zero attached hydrogens (tertiary/aromatic N) is 3. The van der Waals surface area contributed by atoms with Gasteiger partial charge in [0.2, 0.25) is 0 Å². The van der Waals surface area contributed by atoms with Crippen LogP contribution in [0.25, 0.3) is 6.08 Å². The van der Waals surface area contributed by atoms with Crippen LogP contribution in [0.5, 0.6) is 0 Å². The number of carbonyl (C=O) groups excluding carboxylic acids is 1. The number of nitrogens with one attached hydrogen (secondary N) is 1. The molecule has 1 aromatic carbocycles. The van der Waals surface area contributed by atoms with E-state index in [2.05, 4.69) is 58.8 Å². The molecule has 202 valence electrons. The summed E-state index contributed by atoms with van der Waals surface area (Å²) < 4.78 is 0. The minimum atomic E-state index is -0.245. The van der Waals surface area contributed by atoms with Crippen molar-refractivity contribution in [3.8, 4) is 0 Å². The number of likely N-dealkylation sites (tertiary alicyclic amines) is 2. The van der Waals surface area contributed by atoms with E-state index in [-0.39, 0.29) is 11.2 Å². The van der Waals surface area contributed by atoms with Crippen molar-refractivity contribution in [1.82, 2.24) is 14.8 Å². The predicted molar refractivity (Wildman–Crippen MR) is 157 cm³/mol. The van der Waals surface area contributed by atoms with Gasteiger partial charge in [0.1, 0.15) is 0 Å². The Morgan fingerprint density at radius 3 is 2.53 bits per heavy atom. The van der Waals surface area contributed by atoms with Crippen LogP contribution >= 0.6 is 0 Å². The molecule has 5 heteroatoms. The Hall–Kier alpha value is -2.50. The fraction of sp³-hybridized carbons (Fsp3) is 0.576. The lowest BCUT2D eigenvalue weighted by Crippen LogP contribution is -2.46. The average molecular weight is 513 g/mol. The van der Waals surface area contributed by atoms with Gasteiger partial charge in [0.05, 0.1) is 0 Å². The second-order valence-corrected chi connectivity index (χ2v) is 12.5. The van der Waals surface area contributed by atoms with Crippen LogP contribution in [0.4, 0.5) is 0 Å². The minimum absolute atomic E-state index is 0.205. The molecule has 0 saturated carbocycles. The van der Waals surface area contributed by atoms with Gasteiger partial charge in [-0.2, -0.15) is 0 Å². The highest BCUT2D eigenvalue weighted by Crippen LogP contribution is 2.45. The van der Waals surface area contributed by atoms with Crippen LogP contribution in [0, 0.1) is 0 Å². The predicted octanol–water partition coefficient (Wildman–Crippen LogP) is 5.93. The summed E-state index contributed by atoms with van der Waals surface area (Å²) in [4.78, 5) is 27.3. The van der Waals surface area contributed by atoms with Crippen molar-refractivity contribution in [3.05, 3.63) is 62.5 Å². The number of aromatic amines is 1. The lowest BCUT2D eigenvalue weighted by atomic mass is 9.69. The normalized spacial score (nSPS) is 22.3. The second kappa shape index (κ2) is 10.2. The third-order valence-electron chi connectivity index (χ3n) is 9.77. The van der Waals surface area contributed by atoms with Crippen molar-refractivity contribution in [2.45, 2.75) is 90.1 Å². The number of benzene rings is 1. The van der Waals surface area contributed by atoms with Crippen molar-refractivity contribution in [2.75, 3.05) is 33.2 Å². The van der Waals surface area contributed by atoms with Gasteiger partial charge in [-0.3, -0.25) is 14.7 Å². The topological polar surface area (TPSA) is 51.7 Å². The molecule has 2 aliphatic heterocycles. The number of fused-ring (bicyclic) bond motifs is 4. The number of aliphatic imine (C=N–C) groups is 1. The van der Waals surface area contributed by atoms with E-state index >= 15 is 0 Å². The lowest BCUT2D eigenvalue weighted by molar-refractivity contribution is 0.0895. The highest BCUT2D eigenvalue weighted by molar-refractivity contribution is 6.14. The number of hydrogen-bond donors (Lipinski definition) is 1. The van der Waals surface area contributed by atoms with Gasteiger partial charge in [-0.25, -0.2) is 0 Å². The van der Waals surface area contributed by atoms with E-state index in [0.717, 1.165) is 54.4 Å². The van der Waals surface area contributed by atoms with Crippen molar-refractivity contribution in [1.29, 1.82) is 0 Å². The Labute approximate surface area is 228 Å². The number of aromatic nitrogens is 1. The van der Waals surface area contributed by atoms with Gasteiger partial charge >= 0.3 is 0 Å². The molecular weight excluding hydrogens is 468 g/mol. The minimum Gasteiger partial charge on any atom is -0.357 e. The zero-order chi connectivity index (χ0) is 26.4. The van der Waals surface area contributed by atoms with Crippen LogP contribution in [0.3, 0.4) is 0 Å². The highest BCUT2D eigenvalue weighted by atomic mass is 16.1. The fourth-order valence-electron chi connectivity index (χ4n) is 7.56. The summed E-state index contributed by atoms with van der Waals surface area (Å²) in [6.45, 7) is 12.7. The van der Waals surface area contributed by atoms with Crippen LogP contribution in [0.1, 0.15) is 109 Å². The van der Waals surface area contributed by atoms with Crippen molar-refractivity contribution in [3.63, 3.8) is 0 Å². The summed E-state index contributed by atoms with van der Waals surface area (Å²) in [6.07, 6.45) is 13.6. The molecule has 0 unspecified atom stereocenters. The Morgan fingerprint density at radius 1 is 1.05 bits per heavy atom. The standard InChI is InChI=1S/C33H44N4O/c1-5-23-18-27-28(19-24(23)21-36-15-11-25(12-16-36)37-13-7-6-8-14-37)33(2,3)32-30(31(27)38)26-10-9-22(20-34-4)17-29(26)35-32/h17-20,25,35H,5-16,21H2,1-4H3/b34-20+. The zero-order valence-electron chi connectivity index (χ0n) is 23.8. The van der Waals surface area contributed by atoms with Crippen molar-refractivity contribution >= 4 is 18.1 Å². The van der Waals surface area contributed by atoms with Crippen LogP contribution < -0.4 is 0 Å². The number of ketones is 1. The molecule has 0 atom stereocenters. The van der Waals surface area contributed by atoms with Gasteiger partial charge in [0.25, 0.3) is 0 Å². The molecule has 2 saturated heterocycles. The first-order valence-electron chi connectivity index (χ1n) is 15.0. The van der Waals surface area contributed by atoms with Gasteiger partial charge < -0.3 is 9.88 Å². The van der Waals surface area contributed by atoms with Gasteiger partial charge in [-0.05, 0) is 111 Å². The number of carbonyl (C=O) groups is 1. The SMILES string of the molecule is CCc1cc2c(cc1CN1CCC(N3CCCCC3)CC1)C(C)(C)c1[nH]c3c(c1C2=O)CCC(/C=N/C)=C3. The maximum absolute atomic E-state index is 14.0. The molecule has 0 spiro atoms. The monoisotopic (exact) mass is 512 g/mol. The van der Waals surface area contributed by atoms with E-state index < -0.39 is 0 Å². The molecule has 3 heterocycles. The number of rotatable bonds is 5. The molecule has 1 aromatic heterocycles. The summed E-state index contributed by atoms with van der Waals surface area (Å²) in [5.74, 6) is 0.205. The Kier molecular flexibility index (Phi) is 6.94. The van der Waals surface area contributed by atoms with Crippen molar-refractivity contribution < 1.29 is 4.79 Å². The van der Waals surface area contributed by atoms with Gasteiger partial charge in [-0.15, -0.1) is 0 Å². The van der Waals surface area contributed by atoms with Crippen LogP contribution in [-0.2, 0) is 24.8 Å². The van der Waals surface area contributed by atoms with Gasteiger partial charge in [-0.1, -0.05) is 33.3 Å². The average Bonchev–Trinajstić information content (AvgIpc) is 3.33. The number of piperidine rings is 2. The summed E-state index contributed by atoms with van der Waals surface area (Å²) in [6, 6.07) is 5.40. The molecule has 4 aliphatic rings. The molecule has 2 aliphatic carbocycles. The fourth-order valence-corrected chi connectivity index (χ4v) is 7.56. The van der Waals surface area contributed by atoms with Crippen molar-refractivity contribution in [2.24, 2.45) is 4.99 Å². The number of aryl methyl sites for hydroxylation is 1. The molecule has 6 rings (SSSR count). The molecular formula is C33H44N4O. The first-order chi connectivity index (χ1) is 18.4. The maximum atomic E-state index is 14.0. The number of allylic oxidation sites excluding steroid dienone is 1. The van der Waals surface area contributed by atoms with Gasteiger partial charge in [0.15, 0.2) is 5.78 Å². The molecule has 2 fully saturated rings. The van der Waals surface area contributed by atoms with E-state index in [1.54, 1.807) is 0 Å². The van der Waals surface area contributed by atoms with E-state index in [1.807, 2.05) is 13.3 Å². The second-order valence-electron chi connectivity index (χ2n) is 12.5. The highest BCUT2D eigenvalue weighted by Gasteiger charge is 2.41. The number of H-pyrrole nitrogens is 1. The Bertz CT molecular complexity index is 1280. The van der Waals surface area contributed by atoms with E-state index in [0.29, 0.717) is 0 Å². The van der Waals surface area contributed by atoms with Crippen LogP contribution in [0.15, 0.2) is 22.7 Å². The third-order valence-corrected chi connectivity index (χ3v) is 9.77. The maximum Gasteiger partial charge on any atom is 0.195 e. The van der Waals surface area contributed by atoms with Gasteiger partial charge in [0, 0.05) is 53.8 Å². The molecule has 38 heavy (non-hydrogen) atoms. The summed E-state index contributed by atoms with van der Waals surface area (Å²) in [5.41, 5.74) is 10.1. The smallest absolute Gasteiger partial charge is 0.195 e. The first kappa shape index (κ1) is 25.8. The largest absolute Gasteiger partial charge is 0.357 e. The summed E-state index contributed by atoms with van der Waals surface area (Å²) in [5, 5.41) is 0. The first-order valence-corrected chi connectivity index (χ1v) is 15.0. The molecule has 1 N–H and O–H groups in total. The van der Waals surface area contributed by atoms with Crippen LogP contribution in [-0.4, -0.2) is 66.1 Å². The van der Waals surface area contributed by atoms with E-state index in [9.17, 15) is 4.79 Å². The number of hydrogen-bond acceptors (Lipinski definition) is 4. The Morgan fingerprint density at radius 2 is 1.82 bits per heavy atom. The third kappa shape index (κ3) is 4.42. The lowest BCUT2D eigenvalue weighted by Gasteiger charge is -2.40. The van der Waals surface area contributed by atoms with E-state index in [1.165, 1.54) is 86.1 Å². The summed E-state index contributed by atoms with van der Waals surface area (Å²) in [7, 11) is 1.82. The summed E-state index contributed by atoms with van der Waals surface area (Å²) >= 11 is 0. The van der Waals surface area contributed by atoms with Crippen LogP contribution in [0.2, 0.25) is 0 Å². The molecule has 0 amide bonds.